The fourth-order valence-electron chi connectivity index (χ4n) is 0.288. The highest BCUT2D eigenvalue weighted by molar-refractivity contribution is 4.42. The van der Waals surface area contributed by atoms with Gasteiger partial charge in [0.05, 0.1) is 6.10 Å². The lowest BCUT2D eigenvalue weighted by Crippen LogP contribution is -2.03. The first-order valence-electron chi connectivity index (χ1n) is 2.44. The van der Waals surface area contributed by atoms with Crippen molar-refractivity contribution in [2.75, 3.05) is 13.7 Å². The lowest BCUT2D eigenvalue weighted by atomic mass is 10.3. The van der Waals surface area contributed by atoms with Crippen LogP contribution in [0.15, 0.2) is 0 Å². The molecule has 1 atom stereocenters. The second-order valence-electron chi connectivity index (χ2n) is 1.63. The van der Waals surface area contributed by atoms with Crippen molar-refractivity contribution in [2.45, 2.75) is 19.4 Å². The van der Waals surface area contributed by atoms with Crippen molar-refractivity contribution < 1.29 is 9.84 Å². The molecule has 0 heterocycles. The van der Waals surface area contributed by atoms with Gasteiger partial charge in [0.25, 0.3) is 0 Å². The third kappa shape index (κ3) is 5.92. The molecule has 0 spiro atoms. The molecule has 0 radical (unpaired) electrons. The normalized spacial score (nSPS) is 14.1. The van der Waals surface area contributed by atoms with Crippen LogP contribution >= 0.6 is 0 Å². The average molecular weight is 104 g/mol. The largest absolute Gasteiger partial charge is 0.393 e. The standard InChI is InChI=1S/C5H12O2/c1-5(6)3-4-7-2/h5-6H,3-4H2,1-2H3/t5-/m0/s1. The Balaban J connectivity index is 2.68. The molecular formula is C5H12O2. The molecule has 0 unspecified atom stereocenters. The lowest BCUT2D eigenvalue weighted by Gasteiger charge is -1.99. The maximum absolute atomic E-state index is 8.60. The summed E-state index contributed by atoms with van der Waals surface area (Å²) in [7, 11) is 1.63. The molecule has 0 bridgehead atoms. The number of aliphatic hydroxyl groups excluding tert-OH is 1. The number of rotatable bonds is 3. The van der Waals surface area contributed by atoms with E-state index in [4.69, 9.17) is 9.84 Å². The first-order valence-corrected chi connectivity index (χ1v) is 2.44. The molecule has 0 aliphatic carbocycles. The molecule has 0 fully saturated rings. The van der Waals surface area contributed by atoms with Crippen molar-refractivity contribution in [1.29, 1.82) is 0 Å². The van der Waals surface area contributed by atoms with Crippen LogP contribution in [0.4, 0.5) is 0 Å². The molecule has 0 aliphatic heterocycles. The van der Waals surface area contributed by atoms with Crippen LogP contribution in [0, 0.1) is 0 Å². The van der Waals surface area contributed by atoms with Crippen LogP contribution in [0.5, 0.6) is 0 Å². The summed E-state index contributed by atoms with van der Waals surface area (Å²) in [5.74, 6) is 0. The topological polar surface area (TPSA) is 29.5 Å². The van der Waals surface area contributed by atoms with Gasteiger partial charge in [0.2, 0.25) is 0 Å². The Morgan fingerprint density at radius 1 is 1.71 bits per heavy atom. The Labute approximate surface area is 44.1 Å². The minimum absolute atomic E-state index is 0.222. The van der Waals surface area contributed by atoms with Crippen LogP contribution in [-0.2, 0) is 4.74 Å². The zero-order valence-corrected chi connectivity index (χ0v) is 4.85. The monoisotopic (exact) mass is 104 g/mol. The molecule has 1 N–H and O–H groups in total. The molecule has 0 amide bonds. The number of aliphatic hydroxyl groups is 1. The third-order valence-corrected chi connectivity index (χ3v) is 0.740. The van der Waals surface area contributed by atoms with Gasteiger partial charge in [-0.3, -0.25) is 0 Å². The van der Waals surface area contributed by atoms with Crippen LogP contribution in [0.2, 0.25) is 0 Å². The quantitative estimate of drug-likeness (QED) is 0.561. The Morgan fingerprint density at radius 2 is 2.29 bits per heavy atom. The van der Waals surface area contributed by atoms with Gasteiger partial charge < -0.3 is 9.84 Å². The van der Waals surface area contributed by atoms with Crippen molar-refractivity contribution in [3.8, 4) is 0 Å². The molecule has 0 aromatic rings. The number of methoxy groups -OCH3 is 1. The SMILES string of the molecule is COCC[C@H](C)O. The Morgan fingerprint density at radius 3 is 2.43 bits per heavy atom. The van der Waals surface area contributed by atoms with Crippen LogP contribution in [-0.4, -0.2) is 24.9 Å². The maximum atomic E-state index is 8.60. The van der Waals surface area contributed by atoms with E-state index < -0.39 is 0 Å². The van der Waals surface area contributed by atoms with E-state index in [0.29, 0.717) is 6.61 Å². The van der Waals surface area contributed by atoms with Gasteiger partial charge in [0.1, 0.15) is 0 Å². The summed E-state index contributed by atoms with van der Waals surface area (Å²) in [6, 6.07) is 0. The minimum Gasteiger partial charge on any atom is -0.393 e. The van der Waals surface area contributed by atoms with E-state index in [9.17, 15) is 0 Å². The molecule has 2 heteroatoms. The molecule has 0 aliphatic rings. The van der Waals surface area contributed by atoms with Gasteiger partial charge in [-0.25, -0.2) is 0 Å². The molecule has 7 heavy (non-hydrogen) atoms. The van der Waals surface area contributed by atoms with Crippen molar-refractivity contribution in [2.24, 2.45) is 0 Å². The van der Waals surface area contributed by atoms with Gasteiger partial charge in [-0.2, -0.15) is 0 Å². The predicted octanol–water partition coefficient (Wildman–Crippen LogP) is 0.404. The summed E-state index contributed by atoms with van der Waals surface area (Å²) < 4.78 is 4.69. The maximum Gasteiger partial charge on any atom is 0.0534 e. The van der Waals surface area contributed by atoms with Crippen LogP contribution in [0.1, 0.15) is 13.3 Å². The van der Waals surface area contributed by atoms with Gasteiger partial charge in [-0.1, -0.05) is 0 Å². The van der Waals surface area contributed by atoms with Crippen LogP contribution in [0.3, 0.4) is 0 Å². The van der Waals surface area contributed by atoms with Gasteiger partial charge >= 0.3 is 0 Å². The van der Waals surface area contributed by atoms with E-state index in [-0.39, 0.29) is 6.10 Å². The summed E-state index contributed by atoms with van der Waals surface area (Å²) in [5.41, 5.74) is 0. The number of hydrogen-bond donors (Lipinski definition) is 1. The Bertz CT molecular complexity index is 35.1. The molecule has 0 saturated carbocycles. The summed E-state index contributed by atoms with van der Waals surface area (Å²) in [5, 5.41) is 8.60. The van der Waals surface area contributed by atoms with E-state index in [1.807, 2.05) is 0 Å². The summed E-state index contributed by atoms with van der Waals surface area (Å²) >= 11 is 0. The predicted molar refractivity (Wildman–Crippen MR) is 28.2 cm³/mol. The van der Waals surface area contributed by atoms with Crippen molar-refractivity contribution in [1.82, 2.24) is 0 Å². The van der Waals surface area contributed by atoms with Gasteiger partial charge in [0, 0.05) is 13.7 Å². The smallest absolute Gasteiger partial charge is 0.0534 e. The zero-order chi connectivity index (χ0) is 5.70. The van der Waals surface area contributed by atoms with Crippen LogP contribution < -0.4 is 0 Å². The van der Waals surface area contributed by atoms with Crippen molar-refractivity contribution in [3.05, 3.63) is 0 Å². The summed E-state index contributed by atoms with van der Waals surface area (Å²) in [6.07, 6.45) is 0.510. The molecule has 0 saturated heterocycles. The molecule has 0 aromatic carbocycles. The Kier molecular flexibility index (Phi) is 4.04. The minimum atomic E-state index is -0.222. The second-order valence-corrected chi connectivity index (χ2v) is 1.63. The van der Waals surface area contributed by atoms with Crippen molar-refractivity contribution in [3.63, 3.8) is 0 Å². The zero-order valence-electron chi connectivity index (χ0n) is 4.85. The summed E-state index contributed by atoms with van der Waals surface area (Å²) in [6.45, 7) is 2.40. The summed E-state index contributed by atoms with van der Waals surface area (Å²) in [4.78, 5) is 0. The van der Waals surface area contributed by atoms with Crippen molar-refractivity contribution >= 4 is 0 Å². The average Bonchev–Trinajstić information content (AvgIpc) is 1.61. The highest BCUT2D eigenvalue weighted by atomic mass is 16.5. The second kappa shape index (κ2) is 4.09. The molecule has 44 valence electrons. The number of ether oxygens (including phenoxy) is 1. The van der Waals surface area contributed by atoms with Crippen LogP contribution in [0.25, 0.3) is 0 Å². The first kappa shape index (κ1) is 6.92. The highest BCUT2D eigenvalue weighted by Crippen LogP contribution is 1.86. The molecule has 0 aromatic heterocycles. The van der Waals surface area contributed by atoms with E-state index in [1.54, 1.807) is 14.0 Å². The molecule has 0 rings (SSSR count). The van der Waals surface area contributed by atoms with Gasteiger partial charge in [-0.15, -0.1) is 0 Å². The van der Waals surface area contributed by atoms with E-state index in [0.717, 1.165) is 6.42 Å². The Hall–Kier alpha value is -0.0800. The fraction of sp³-hybridized carbons (Fsp3) is 1.00. The fourth-order valence-corrected chi connectivity index (χ4v) is 0.288. The van der Waals surface area contributed by atoms with E-state index in [1.165, 1.54) is 0 Å². The van der Waals surface area contributed by atoms with E-state index in [2.05, 4.69) is 0 Å². The lowest BCUT2D eigenvalue weighted by molar-refractivity contribution is 0.121. The number of hydrogen-bond acceptors (Lipinski definition) is 2. The third-order valence-electron chi connectivity index (χ3n) is 0.740. The highest BCUT2D eigenvalue weighted by Gasteiger charge is 1.90. The first-order chi connectivity index (χ1) is 3.27. The van der Waals surface area contributed by atoms with Gasteiger partial charge in [-0.05, 0) is 13.3 Å². The molecule has 2 nitrogen and oxygen atoms in total. The molecular weight excluding hydrogens is 92.1 g/mol. The van der Waals surface area contributed by atoms with Gasteiger partial charge in [0.15, 0.2) is 0 Å². The van der Waals surface area contributed by atoms with E-state index >= 15 is 0 Å².